The van der Waals surface area contributed by atoms with Crippen molar-refractivity contribution < 1.29 is 19.4 Å². The number of hydrogen-bond donors (Lipinski definition) is 1. The van der Waals surface area contributed by atoms with Crippen molar-refractivity contribution in [1.82, 2.24) is 14.8 Å². The summed E-state index contributed by atoms with van der Waals surface area (Å²) < 4.78 is 41.6. The molecule has 0 aliphatic carbocycles. The van der Waals surface area contributed by atoms with Gasteiger partial charge in [0.1, 0.15) is 5.69 Å². The van der Waals surface area contributed by atoms with Crippen molar-refractivity contribution in [2.75, 3.05) is 19.6 Å². The van der Waals surface area contributed by atoms with E-state index in [4.69, 9.17) is 0 Å². The van der Waals surface area contributed by atoms with Gasteiger partial charge in [-0.05, 0) is 42.2 Å². The highest BCUT2D eigenvalue weighted by atomic mass is 19.4. The lowest BCUT2D eigenvalue weighted by molar-refractivity contribution is -0.144. The van der Waals surface area contributed by atoms with Gasteiger partial charge in [-0.3, -0.25) is 4.79 Å². The minimum atomic E-state index is -4.37. The predicted octanol–water partition coefficient (Wildman–Crippen LogP) is 5.15. The van der Waals surface area contributed by atoms with Gasteiger partial charge in [0.2, 0.25) is 0 Å². The van der Waals surface area contributed by atoms with E-state index in [2.05, 4.69) is 5.32 Å². The van der Waals surface area contributed by atoms with Crippen LogP contribution in [0, 0.1) is 0 Å². The first kappa shape index (κ1) is 20.8. The van der Waals surface area contributed by atoms with E-state index in [1.54, 1.807) is 6.07 Å². The molecule has 7 heteroatoms. The molecule has 0 saturated carbocycles. The third-order valence-corrected chi connectivity index (χ3v) is 6.71. The van der Waals surface area contributed by atoms with Crippen LogP contribution in [0.1, 0.15) is 36.0 Å². The van der Waals surface area contributed by atoms with Crippen molar-refractivity contribution >= 4 is 5.91 Å². The number of amides is 1. The summed E-state index contributed by atoms with van der Waals surface area (Å²) >= 11 is 0. The fourth-order valence-corrected chi connectivity index (χ4v) is 5.11. The van der Waals surface area contributed by atoms with Crippen molar-refractivity contribution in [3.05, 3.63) is 83.7 Å². The van der Waals surface area contributed by atoms with Crippen LogP contribution < -0.4 is 5.32 Å². The third-order valence-electron chi connectivity index (χ3n) is 6.71. The molecular weight excluding hydrogens is 415 g/mol. The van der Waals surface area contributed by atoms with Gasteiger partial charge in [0, 0.05) is 38.9 Å². The molecule has 2 aliphatic rings. The van der Waals surface area contributed by atoms with Gasteiger partial charge in [-0.1, -0.05) is 48.5 Å². The number of nitrogens with one attached hydrogen (secondary N) is 1. The number of likely N-dealkylation sites (tertiary alicyclic amines) is 1. The van der Waals surface area contributed by atoms with Crippen LogP contribution in [0.15, 0.2) is 66.7 Å². The molecular formula is C25H26F3N3O. The molecule has 3 heterocycles. The zero-order chi connectivity index (χ0) is 22.3. The molecule has 0 bridgehead atoms. The number of piperidine rings is 1. The van der Waals surface area contributed by atoms with Gasteiger partial charge in [-0.15, -0.1) is 0 Å². The number of carbonyl (C=O) groups is 1. The molecule has 3 aromatic rings. The number of nitrogens with zero attached hydrogens (tertiary/aromatic N) is 2. The topological polar surface area (TPSA) is 37.3 Å². The van der Waals surface area contributed by atoms with E-state index in [9.17, 15) is 18.0 Å². The van der Waals surface area contributed by atoms with Crippen LogP contribution >= 0.6 is 0 Å². The molecule has 2 aliphatic heterocycles. The van der Waals surface area contributed by atoms with Crippen LogP contribution in [0.5, 0.6) is 0 Å². The number of fused-ring (bicyclic) bond motifs is 2. The predicted molar refractivity (Wildman–Crippen MR) is 118 cm³/mol. The van der Waals surface area contributed by atoms with Gasteiger partial charge in [0.15, 0.2) is 0 Å². The Morgan fingerprint density at radius 3 is 2.31 bits per heavy atom. The van der Waals surface area contributed by atoms with E-state index < -0.39 is 17.4 Å². The summed E-state index contributed by atoms with van der Waals surface area (Å²) in [6.45, 7) is 1.75. The molecule has 1 N–H and O–H groups in total. The maximum Gasteiger partial charge on any atom is 0.431 e. The number of halogens is 3. The van der Waals surface area contributed by atoms with Crippen molar-refractivity contribution in [2.45, 2.75) is 31.1 Å². The molecule has 0 unspecified atom stereocenters. The lowest BCUT2D eigenvalue weighted by Crippen LogP contribution is -2.56. The van der Waals surface area contributed by atoms with E-state index >= 15 is 0 Å². The van der Waals surface area contributed by atoms with Gasteiger partial charge >= 0.3 is 6.18 Å². The zero-order valence-corrected chi connectivity index (χ0v) is 17.5. The molecule has 5 rings (SSSR count). The van der Waals surface area contributed by atoms with E-state index in [1.807, 2.05) is 59.5 Å². The highest BCUT2D eigenvalue weighted by Gasteiger charge is 2.44. The third kappa shape index (κ3) is 3.50. The second-order valence-electron chi connectivity index (χ2n) is 8.47. The van der Waals surface area contributed by atoms with Crippen molar-refractivity contribution in [2.24, 2.45) is 0 Å². The number of rotatable bonds is 2. The van der Waals surface area contributed by atoms with Crippen LogP contribution in [0.25, 0.3) is 11.1 Å². The minimum absolute atomic E-state index is 0. The largest absolute Gasteiger partial charge is 0.431 e. The molecule has 168 valence electrons. The second-order valence-corrected chi connectivity index (χ2v) is 8.47. The monoisotopic (exact) mass is 441 g/mol. The van der Waals surface area contributed by atoms with Gasteiger partial charge in [0.25, 0.3) is 5.91 Å². The normalized spacial score (nSPS) is 17.9. The average Bonchev–Trinajstić information content (AvgIpc) is 3.26. The van der Waals surface area contributed by atoms with Gasteiger partial charge in [0.05, 0.1) is 5.54 Å². The minimum Gasteiger partial charge on any atom is -0.338 e. The Morgan fingerprint density at radius 1 is 0.906 bits per heavy atom. The van der Waals surface area contributed by atoms with Gasteiger partial charge in [-0.2, -0.15) is 13.2 Å². The number of hydrogen-bond acceptors (Lipinski definition) is 2. The Bertz CT molecular complexity index is 1140. The summed E-state index contributed by atoms with van der Waals surface area (Å²) in [5.41, 5.74) is 2.07. The Balaban J connectivity index is 0.00000259. The highest BCUT2D eigenvalue weighted by molar-refractivity contribution is 6.01. The fourth-order valence-electron chi connectivity index (χ4n) is 5.11. The molecule has 1 amide bonds. The van der Waals surface area contributed by atoms with Crippen molar-refractivity contribution in [1.29, 1.82) is 0 Å². The highest BCUT2D eigenvalue weighted by Crippen LogP contribution is 2.40. The smallest absolute Gasteiger partial charge is 0.338 e. The molecule has 1 aromatic heterocycles. The fraction of sp³-hybridized carbons (Fsp3) is 0.320. The SMILES string of the molecule is O=C(c1ccccc1-c1ccccc1)N1CCC2(CC1)NCCn1c(C(F)(F)F)ccc12.[HH]. The summed E-state index contributed by atoms with van der Waals surface area (Å²) in [6, 6.07) is 20.1. The quantitative estimate of drug-likeness (QED) is 0.597. The number of aromatic nitrogens is 1. The first-order valence-corrected chi connectivity index (χ1v) is 10.8. The molecule has 2 aromatic carbocycles. The van der Waals surface area contributed by atoms with E-state index in [-0.39, 0.29) is 7.33 Å². The Hall–Kier alpha value is -3.06. The first-order chi connectivity index (χ1) is 15.4. The molecule has 1 fully saturated rings. The Kier molecular flexibility index (Phi) is 5.08. The molecule has 4 nitrogen and oxygen atoms in total. The van der Waals surface area contributed by atoms with E-state index in [1.165, 1.54) is 10.6 Å². The average molecular weight is 441 g/mol. The van der Waals surface area contributed by atoms with Crippen molar-refractivity contribution in [3.63, 3.8) is 0 Å². The lowest BCUT2D eigenvalue weighted by Gasteiger charge is -2.45. The van der Waals surface area contributed by atoms with E-state index in [0.717, 1.165) is 11.1 Å². The Morgan fingerprint density at radius 2 is 1.59 bits per heavy atom. The van der Waals surface area contributed by atoms with E-state index in [0.29, 0.717) is 50.3 Å². The first-order valence-electron chi connectivity index (χ1n) is 10.8. The van der Waals surface area contributed by atoms with Crippen LogP contribution in [0.4, 0.5) is 13.2 Å². The summed E-state index contributed by atoms with van der Waals surface area (Å²) in [4.78, 5) is 15.2. The molecule has 1 saturated heterocycles. The number of alkyl halides is 3. The standard InChI is InChI=1S/C25H24F3N3O.H2/c26-25(27,28)22-11-10-21-24(29-14-17-31(21)22)12-15-30(16-13-24)23(32)20-9-5-4-8-19(20)18-6-2-1-3-7-18;/h1-11,29H,12-17H2;1H. The number of carbonyl (C=O) groups excluding carboxylic acids is 1. The van der Waals surface area contributed by atoms with Crippen LogP contribution in [-0.2, 0) is 18.3 Å². The maximum atomic E-state index is 13.4. The molecule has 0 atom stereocenters. The summed E-state index contributed by atoms with van der Waals surface area (Å²) in [5, 5.41) is 3.47. The van der Waals surface area contributed by atoms with Crippen molar-refractivity contribution in [3.8, 4) is 11.1 Å². The maximum absolute atomic E-state index is 13.4. The van der Waals surface area contributed by atoms with Crippen LogP contribution in [-0.4, -0.2) is 35.0 Å². The second kappa shape index (κ2) is 7.81. The lowest BCUT2D eigenvalue weighted by atomic mass is 9.82. The molecule has 32 heavy (non-hydrogen) atoms. The van der Waals surface area contributed by atoms with Crippen LogP contribution in [0.2, 0.25) is 0 Å². The summed E-state index contributed by atoms with van der Waals surface area (Å²) in [5.74, 6) is -0.0403. The molecule has 1 spiro atoms. The molecule has 0 radical (unpaired) electrons. The number of benzene rings is 2. The van der Waals surface area contributed by atoms with Crippen LogP contribution in [0.3, 0.4) is 0 Å². The summed E-state index contributed by atoms with van der Waals surface area (Å²) in [7, 11) is 0. The van der Waals surface area contributed by atoms with Gasteiger partial charge in [-0.25, -0.2) is 0 Å². The Labute approximate surface area is 186 Å². The zero-order valence-electron chi connectivity index (χ0n) is 17.5. The summed E-state index contributed by atoms with van der Waals surface area (Å²) in [6.07, 6.45) is -3.21. The van der Waals surface area contributed by atoms with Gasteiger partial charge < -0.3 is 14.8 Å².